The molecule has 0 atom stereocenters. The Morgan fingerprint density at radius 2 is 1.94 bits per heavy atom. The highest BCUT2D eigenvalue weighted by Gasteiger charge is 2.22. The third-order valence-electron chi connectivity index (χ3n) is 6.00. The lowest BCUT2D eigenvalue weighted by atomic mass is 10.1. The molecule has 8 nitrogen and oxygen atoms in total. The van der Waals surface area contributed by atoms with Crippen LogP contribution in [0.5, 0.6) is 0 Å². The van der Waals surface area contributed by atoms with E-state index in [4.69, 9.17) is 10.1 Å². The van der Waals surface area contributed by atoms with Crippen molar-refractivity contribution in [2.75, 3.05) is 26.2 Å². The van der Waals surface area contributed by atoms with Crippen molar-refractivity contribution in [1.29, 1.82) is 0 Å². The summed E-state index contributed by atoms with van der Waals surface area (Å²) in [5.41, 5.74) is 6.35. The van der Waals surface area contributed by atoms with Gasteiger partial charge in [-0.15, -0.1) is 11.3 Å². The minimum absolute atomic E-state index is 0.658. The van der Waals surface area contributed by atoms with Crippen LogP contribution >= 0.6 is 11.3 Å². The molecule has 2 N–H and O–H groups in total. The summed E-state index contributed by atoms with van der Waals surface area (Å²) < 4.78 is 1.96. The number of aryl methyl sites for hydroxylation is 1. The van der Waals surface area contributed by atoms with E-state index in [2.05, 4.69) is 55.9 Å². The Labute approximate surface area is 195 Å². The highest BCUT2D eigenvalue weighted by atomic mass is 32.1. The Hall–Kier alpha value is -3.40. The molecule has 0 bridgehead atoms. The van der Waals surface area contributed by atoms with Gasteiger partial charge in [0, 0.05) is 44.5 Å². The van der Waals surface area contributed by atoms with Gasteiger partial charge >= 0.3 is 0 Å². The molecule has 0 amide bonds. The van der Waals surface area contributed by atoms with Crippen LogP contribution in [-0.2, 0) is 6.54 Å². The zero-order chi connectivity index (χ0) is 22.2. The van der Waals surface area contributed by atoms with Crippen molar-refractivity contribution in [2.45, 2.75) is 13.5 Å². The fourth-order valence-electron chi connectivity index (χ4n) is 4.39. The van der Waals surface area contributed by atoms with Crippen LogP contribution in [0.2, 0.25) is 0 Å². The number of H-pyrrole nitrogens is 1. The molecule has 0 radical (unpaired) electrons. The van der Waals surface area contributed by atoms with Crippen molar-refractivity contribution in [1.82, 2.24) is 40.0 Å². The van der Waals surface area contributed by atoms with Crippen LogP contribution in [0.25, 0.3) is 38.0 Å². The van der Waals surface area contributed by atoms with E-state index in [1.165, 1.54) is 5.56 Å². The lowest BCUT2D eigenvalue weighted by molar-refractivity contribution is 0.233. The second kappa shape index (κ2) is 8.51. The quantitative estimate of drug-likeness (QED) is 0.420. The summed E-state index contributed by atoms with van der Waals surface area (Å²) in [6, 6.07) is 14.6. The number of hydrogen-bond acceptors (Lipinski definition) is 7. The molecular weight excluding hydrogens is 432 g/mol. The van der Waals surface area contributed by atoms with Crippen molar-refractivity contribution >= 4 is 16.9 Å². The Balaban J connectivity index is 1.46. The maximum atomic E-state index is 5.09. The number of rotatable bonds is 5. The Morgan fingerprint density at radius 1 is 1.09 bits per heavy atom. The Kier molecular flexibility index (Phi) is 5.21. The number of pyridine rings is 1. The normalized spacial score (nSPS) is 14.8. The first kappa shape index (κ1) is 20.2. The van der Waals surface area contributed by atoms with Gasteiger partial charge in [-0.1, -0.05) is 30.3 Å². The van der Waals surface area contributed by atoms with Crippen molar-refractivity contribution in [3.63, 3.8) is 0 Å². The predicted molar refractivity (Wildman–Crippen MR) is 130 cm³/mol. The molecule has 1 aromatic carbocycles. The molecule has 0 aliphatic carbocycles. The van der Waals surface area contributed by atoms with Crippen LogP contribution in [0.3, 0.4) is 0 Å². The lowest BCUT2D eigenvalue weighted by Gasteiger charge is -2.27. The van der Waals surface area contributed by atoms with E-state index < -0.39 is 0 Å². The van der Waals surface area contributed by atoms with Crippen molar-refractivity contribution in [2.24, 2.45) is 0 Å². The molecule has 4 aromatic heterocycles. The van der Waals surface area contributed by atoms with Gasteiger partial charge < -0.3 is 5.32 Å². The fraction of sp³-hybridized carbons (Fsp3) is 0.250. The lowest BCUT2D eigenvalue weighted by Crippen LogP contribution is -2.42. The zero-order valence-electron chi connectivity index (χ0n) is 18.3. The van der Waals surface area contributed by atoms with E-state index in [0.717, 1.165) is 70.6 Å². The molecule has 5 aromatic rings. The SMILES string of the molecule is Cc1nn2ccc(CN3CCNCC3)cc2c1-c1nc(-c2ccccc2)c(-c2nc[nH]n2)s1. The molecular formula is C24H24N8S. The minimum Gasteiger partial charge on any atom is -0.314 e. The van der Waals surface area contributed by atoms with Gasteiger partial charge in [-0.05, 0) is 24.6 Å². The zero-order valence-corrected chi connectivity index (χ0v) is 19.1. The van der Waals surface area contributed by atoms with Crippen LogP contribution < -0.4 is 5.32 Å². The molecule has 166 valence electrons. The molecule has 9 heteroatoms. The summed E-state index contributed by atoms with van der Waals surface area (Å²) in [7, 11) is 0. The monoisotopic (exact) mass is 456 g/mol. The Bertz CT molecular complexity index is 1380. The average Bonchev–Trinajstić information content (AvgIpc) is 3.58. The highest BCUT2D eigenvalue weighted by Crippen LogP contribution is 2.41. The van der Waals surface area contributed by atoms with Gasteiger partial charge in [0.1, 0.15) is 16.2 Å². The van der Waals surface area contributed by atoms with Gasteiger partial charge in [0.15, 0.2) is 5.82 Å². The molecule has 1 fully saturated rings. The highest BCUT2D eigenvalue weighted by molar-refractivity contribution is 7.19. The standard InChI is InChI=1S/C24H24N8S/c1-16-20(19-13-17(7-10-32(19)30-16)14-31-11-8-25-9-12-31)24-28-21(18-5-3-2-4-6-18)22(33-24)23-26-15-27-29-23/h2-7,10,13,15,25H,8-9,11-12,14H2,1H3,(H,26,27,29). The summed E-state index contributed by atoms with van der Waals surface area (Å²) >= 11 is 1.61. The number of aromatic nitrogens is 6. The first-order chi connectivity index (χ1) is 16.3. The van der Waals surface area contributed by atoms with Crippen LogP contribution in [0, 0.1) is 6.92 Å². The molecule has 0 spiro atoms. The van der Waals surface area contributed by atoms with E-state index in [9.17, 15) is 0 Å². The molecule has 1 aliphatic rings. The number of benzene rings is 1. The van der Waals surface area contributed by atoms with Gasteiger partial charge in [-0.2, -0.15) is 10.2 Å². The molecule has 5 heterocycles. The topological polar surface area (TPSA) is 87.0 Å². The second-order valence-corrected chi connectivity index (χ2v) is 9.24. The maximum absolute atomic E-state index is 5.09. The van der Waals surface area contributed by atoms with Crippen LogP contribution in [0.1, 0.15) is 11.3 Å². The van der Waals surface area contributed by atoms with Crippen LogP contribution in [-0.4, -0.2) is 60.9 Å². The van der Waals surface area contributed by atoms with E-state index in [0.29, 0.717) is 5.82 Å². The van der Waals surface area contributed by atoms with Crippen molar-refractivity contribution in [3.8, 4) is 32.5 Å². The summed E-state index contributed by atoms with van der Waals surface area (Å²) in [6.07, 6.45) is 3.66. The Morgan fingerprint density at radius 3 is 2.73 bits per heavy atom. The van der Waals surface area contributed by atoms with Crippen LogP contribution in [0.15, 0.2) is 55.0 Å². The van der Waals surface area contributed by atoms with Gasteiger partial charge in [-0.3, -0.25) is 10.00 Å². The van der Waals surface area contributed by atoms with Crippen LogP contribution in [0.4, 0.5) is 0 Å². The summed E-state index contributed by atoms with van der Waals surface area (Å²) in [4.78, 5) is 12.9. The third kappa shape index (κ3) is 3.84. The summed E-state index contributed by atoms with van der Waals surface area (Å²) in [5.74, 6) is 0.658. The molecule has 1 aliphatic heterocycles. The number of nitrogens with one attached hydrogen (secondary N) is 2. The number of fused-ring (bicyclic) bond motifs is 1. The molecule has 6 rings (SSSR count). The number of piperazine rings is 1. The van der Waals surface area contributed by atoms with Gasteiger partial charge in [0.05, 0.1) is 22.5 Å². The maximum Gasteiger partial charge on any atom is 0.193 e. The average molecular weight is 457 g/mol. The summed E-state index contributed by atoms with van der Waals surface area (Å²) in [6.45, 7) is 7.23. The van der Waals surface area contributed by atoms with Crippen molar-refractivity contribution < 1.29 is 0 Å². The van der Waals surface area contributed by atoms with Gasteiger partial charge in [0.2, 0.25) is 0 Å². The van der Waals surface area contributed by atoms with Gasteiger partial charge in [-0.25, -0.2) is 14.5 Å². The molecule has 0 unspecified atom stereocenters. The van der Waals surface area contributed by atoms with E-state index in [1.807, 2.05) is 29.6 Å². The molecule has 1 saturated heterocycles. The third-order valence-corrected chi connectivity index (χ3v) is 7.07. The van der Waals surface area contributed by atoms with Crippen molar-refractivity contribution in [3.05, 3.63) is 66.2 Å². The smallest absolute Gasteiger partial charge is 0.193 e. The largest absolute Gasteiger partial charge is 0.314 e. The van der Waals surface area contributed by atoms with E-state index in [1.54, 1.807) is 17.7 Å². The first-order valence-corrected chi connectivity index (χ1v) is 11.9. The summed E-state index contributed by atoms with van der Waals surface area (Å²) in [5, 5.41) is 16.3. The minimum atomic E-state index is 0.658. The number of aromatic amines is 1. The number of nitrogens with zero attached hydrogens (tertiary/aromatic N) is 6. The number of hydrogen-bond donors (Lipinski definition) is 2. The number of thiazole rings is 1. The van der Waals surface area contributed by atoms with Gasteiger partial charge in [0.25, 0.3) is 0 Å². The molecule has 0 saturated carbocycles. The van der Waals surface area contributed by atoms with E-state index in [-0.39, 0.29) is 0 Å². The molecule has 33 heavy (non-hydrogen) atoms. The predicted octanol–water partition coefficient (Wildman–Crippen LogP) is 3.62. The van der Waals surface area contributed by atoms with E-state index >= 15 is 0 Å². The fourth-order valence-corrected chi connectivity index (χ4v) is 5.52. The second-order valence-electron chi connectivity index (χ2n) is 8.24. The first-order valence-electron chi connectivity index (χ1n) is 11.1.